The van der Waals surface area contributed by atoms with Gasteiger partial charge in [-0.3, -0.25) is 0 Å². The first-order valence-corrected chi connectivity index (χ1v) is 5.66. The van der Waals surface area contributed by atoms with Gasteiger partial charge in [-0.2, -0.15) is 0 Å². The molecule has 0 bridgehead atoms. The van der Waals surface area contributed by atoms with E-state index in [0.29, 0.717) is 6.04 Å². The Labute approximate surface area is 93.0 Å². The highest BCUT2D eigenvalue weighted by Gasteiger charge is 2.18. The first-order valence-electron chi connectivity index (χ1n) is 4.87. The molecule has 1 aromatic carbocycles. The summed E-state index contributed by atoms with van der Waals surface area (Å²) in [5, 5.41) is 0. The average Bonchev–Trinajstić information content (AvgIpc) is 2.18. The van der Waals surface area contributed by atoms with Gasteiger partial charge in [-0.15, -0.1) is 0 Å². The van der Waals surface area contributed by atoms with E-state index in [-0.39, 0.29) is 0 Å². The van der Waals surface area contributed by atoms with Crippen molar-refractivity contribution in [3.8, 4) is 0 Å². The summed E-state index contributed by atoms with van der Waals surface area (Å²) < 4.78 is 6.54. The number of nitrogens with zero attached hydrogens (tertiary/aromatic N) is 1. The third-order valence-corrected chi connectivity index (χ3v) is 3.00. The van der Waals surface area contributed by atoms with Crippen LogP contribution < -0.4 is 4.90 Å². The van der Waals surface area contributed by atoms with Gasteiger partial charge in [0.25, 0.3) is 0 Å². The maximum Gasteiger partial charge on any atom is 0.0668 e. The van der Waals surface area contributed by atoms with Gasteiger partial charge >= 0.3 is 0 Å². The molecule has 0 saturated carbocycles. The van der Waals surface area contributed by atoms with Crippen LogP contribution in [0.5, 0.6) is 0 Å². The number of hydrogen-bond acceptors (Lipinski definition) is 2. The van der Waals surface area contributed by atoms with Crippen LogP contribution in [0.15, 0.2) is 28.7 Å². The van der Waals surface area contributed by atoms with Crippen LogP contribution in [-0.2, 0) is 4.74 Å². The molecule has 0 amide bonds. The van der Waals surface area contributed by atoms with E-state index in [1.165, 1.54) is 5.69 Å². The molecule has 14 heavy (non-hydrogen) atoms. The molecule has 0 radical (unpaired) electrons. The summed E-state index contributed by atoms with van der Waals surface area (Å²) in [7, 11) is 0. The van der Waals surface area contributed by atoms with E-state index in [4.69, 9.17) is 4.74 Å². The van der Waals surface area contributed by atoms with Gasteiger partial charge < -0.3 is 9.64 Å². The summed E-state index contributed by atoms with van der Waals surface area (Å²) in [6, 6.07) is 8.89. The summed E-state index contributed by atoms with van der Waals surface area (Å²) in [6.07, 6.45) is 0. The van der Waals surface area contributed by atoms with Crippen LogP contribution in [-0.4, -0.2) is 25.8 Å². The van der Waals surface area contributed by atoms with E-state index >= 15 is 0 Å². The molecule has 0 aliphatic carbocycles. The molecule has 0 spiro atoms. The lowest BCUT2D eigenvalue weighted by Gasteiger charge is -2.35. The molecule has 1 aliphatic heterocycles. The largest absolute Gasteiger partial charge is 0.377 e. The molecule has 1 fully saturated rings. The molecular weight excluding hydrogens is 242 g/mol. The minimum atomic E-state index is 0.470. The zero-order chi connectivity index (χ0) is 9.97. The number of ether oxygens (including phenoxy) is 1. The molecule has 1 atom stereocenters. The molecule has 1 aliphatic rings. The van der Waals surface area contributed by atoms with Crippen molar-refractivity contribution in [1.82, 2.24) is 0 Å². The SMILES string of the molecule is C[C@H]1COCCN1c1cccc(Br)c1. The van der Waals surface area contributed by atoms with Gasteiger partial charge in [-0.1, -0.05) is 22.0 Å². The molecular formula is C11H14BrNO. The highest BCUT2D eigenvalue weighted by atomic mass is 79.9. The first kappa shape index (κ1) is 9.99. The predicted octanol–water partition coefficient (Wildman–Crippen LogP) is 2.67. The van der Waals surface area contributed by atoms with E-state index in [0.717, 1.165) is 24.2 Å². The Morgan fingerprint density at radius 3 is 3.07 bits per heavy atom. The van der Waals surface area contributed by atoms with Crippen LogP contribution in [0, 0.1) is 0 Å². The topological polar surface area (TPSA) is 12.5 Å². The minimum Gasteiger partial charge on any atom is -0.377 e. The van der Waals surface area contributed by atoms with E-state index in [1.807, 2.05) is 0 Å². The molecule has 1 saturated heterocycles. The maximum atomic E-state index is 5.41. The lowest BCUT2D eigenvalue weighted by atomic mass is 10.2. The fraction of sp³-hybridized carbons (Fsp3) is 0.455. The van der Waals surface area contributed by atoms with Crippen LogP contribution in [0.25, 0.3) is 0 Å². The van der Waals surface area contributed by atoms with E-state index in [2.05, 4.69) is 52.0 Å². The third-order valence-electron chi connectivity index (χ3n) is 2.51. The zero-order valence-corrected chi connectivity index (χ0v) is 9.83. The second-order valence-electron chi connectivity index (χ2n) is 3.60. The molecule has 0 aromatic heterocycles. The predicted molar refractivity (Wildman–Crippen MR) is 61.8 cm³/mol. The molecule has 76 valence electrons. The highest BCUT2D eigenvalue weighted by Crippen LogP contribution is 2.23. The van der Waals surface area contributed by atoms with Gasteiger partial charge in [0, 0.05) is 22.7 Å². The van der Waals surface area contributed by atoms with Crippen LogP contribution in [0.4, 0.5) is 5.69 Å². The molecule has 1 heterocycles. The standard InChI is InChI=1S/C11H14BrNO/c1-9-8-14-6-5-13(9)11-4-2-3-10(12)7-11/h2-4,7,9H,5-6,8H2,1H3/t9-/m0/s1. The molecule has 0 unspecified atom stereocenters. The maximum absolute atomic E-state index is 5.41. The monoisotopic (exact) mass is 255 g/mol. The Balaban J connectivity index is 2.20. The Morgan fingerprint density at radius 2 is 2.36 bits per heavy atom. The van der Waals surface area contributed by atoms with Crippen LogP contribution in [0.1, 0.15) is 6.92 Å². The number of benzene rings is 1. The summed E-state index contributed by atoms with van der Waals surface area (Å²) in [5.41, 5.74) is 1.27. The Morgan fingerprint density at radius 1 is 1.50 bits per heavy atom. The number of morpholine rings is 1. The minimum absolute atomic E-state index is 0.470. The number of rotatable bonds is 1. The first-order chi connectivity index (χ1) is 6.77. The van der Waals surface area contributed by atoms with Crippen molar-refractivity contribution in [2.24, 2.45) is 0 Å². The van der Waals surface area contributed by atoms with Crippen molar-refractivity contribution in [1.29, 1.82) is 0 Å². The lowest BCUT2D eigenvalue weighted by Crippen LogP contribution is -2.43. The molecule has 1 aromatic rings. The van der Waals surface area contributed by atoms with Crippen LogP contribution in [0.2, 0.25) is 0 Å². The fourth-order valence-corrected chi connectivity index (χ4v) is 2.15. The summed E-state index contributed by atoms with van der Waals surface area (Å²) >= 11 is 3.49. The summed E-state index contributed by atoms with van der Waals surface area (Å²) in [4.78, 5) is 2.38. The third kappa shape index (κ3) is 2.10. The fourth-order valence-electron chi connectivity index (χ4n) is 1.77. The van der Waals surface area contributed by atoms with Gasteiger partial charge in [-0.05, 0) is 25.1 Å². The van der Waals surface area contributed by atoms with Crippen molar-refractivity contribution in [3.63, 3.8) is 0 Å². The van der Waals surface area contributed by atoms with Crippen molar-refractivity contribution < 1.29 is 4.74 Å². The Kier molecular flexibility index (Phi) is 3.08. The van der Waals surface area contributed by atoms with Gasteiger partial charge in [0.2, 0.25) is 0 Å². The van der Waals surface area contributed by atoms with Gasteiger partial charge in [0.05, 0.1) is 13.2 Å². The summed E-state index contributed by atoms with van der Waals surface area (Å²) in [6.45, 7) is 4.83. The van der Waals surface area contributed by atoms with E-state index in [1.54, 1.807) is 0 Å². The molecule has 3 heteroatoms. The lowest BCUT2D eigenvalue weighted by molar-refractivity contribution is 0.0989. The molecule has 2 nitrogen and oxygen atoms in total. The van der Waals surface area contributed by atoms with Crippen molar-refractivity contribution in [2.75, 3.05) is 24.7 Å². The second-order valence-corrected chi connectivity index (χ2v) is 4.51. The quantitative estimate of drug-likeness (QED) is 0.766. The second kappa shape index (κ2) is 4.32. The Bertz CT molecular complexity index is 316. The van der Waals surface area contributed by atoms with E-state index < -0.39 is 0 Å². The van der Waals surface area contributed by atoms with Crippen LogP contribution in [0.3, 0.4) is 0 Å². The summed E-state index contributed by atoms with van der Waals surface area (Å²) in [5.74, 6) is 0. The number of anilines is 1. The molecule has 0 N–H and O–H groups in total. The van der Waals surface area contributed by atoms with Gasteiger partial charge in [-0.25, -0.2) is 0 Å². The van der Waals surface area contributed by atoms with Crippen molar-refractivity contribution >= 4 is 21.6 Å². The average molecular weight is 256 g/mol. The van der Waals surface area contributed by atoms with Gasteiger partial charge in [0.15, 0.2) is 0 Å². The number of hydrogen-bond donors (Lipinski definition) is 0. The Hall–Kier alpha value is -0.540. The van der Waals surface area contributed by atoms with E-state index in [9.17, 15) is 0 Å². The normalized spacial score (nSPS) is 22.4. The van der Waals surface area contributed by atoms with Crippen LogP contribution >= 0.6 is 15.9 Å². The zero-order valence-electron chi connectivity index (χ0n) is 8.24. The highest BCUT2D eigenvalue weighted by molar-refractivity contribution is 9.10. The van der Waals surface area contributed by atoms with Crippen molar-refractivity contribution in [3.05, 3.63) is 28.7 Å². The molecule has 2 rings (SSSR count). The smallest absolute Gasteiger partial charge is 0.0668 e. The van der Waals surface area contributed by atoms with Crippen molar-refractivity contribution in [2.45, 2.75) is 13.0 Å². The van der Waals surface area contributed by atoms with Gasteiger partial charge in [0.1, 0.15) is 0 Å². The number of halogens is 1.